The van der Waals surface area contributed by atoms with E-state index in [1.807, 2.05) is 0 Å². The first-order chi connectivity index (χ1) is 6.40. The average Bonchev–Trinajstić information content (AvgIpc) is 2.52. The molecule has 4 atom stereocenters. The molecular weight excluding hydrogens is 164 g/mol. The quantitative estimate of drug-likeness (QED) is 0.567. The minimum atomic E-state index is 0.721. The summed E-state index contributed by atoms with van der Waals surface area (Å²) in [7, 11) is 1.66. The number of piperidine rings is 1. The average molecular weight is 180 g/mol. The molecule has 0 N–H and O–H groups in total. The van der Waals surface area contributed by atoms with Crippen molar-refractivity contribution in [2.45, 2.75) is 37.8 Å². The third-order valence-electron chi connectivity index (χ3n) is 3.95. The van der Waals surface area contributed by atoms with Crippen molar-refractivity contribution >= 4 is 5.71 Å². The summed E-state index contributed by atoms with van der Waals surface area (Å²) in [5.41, 5.74) is 1.30. The van der Waals surface area contributed by atoms with E-state index in [1.54, 1.807) is 7.11 Å². The van der Waals surface area contributed by atoms with Crippen molar-refractivity contribution < 1.29 is 4.84 Å². The van der Waals surface area contributed by atoms with E-state index in [4.69, 9.17) is 4.84 Å². The van der Waals surface area contributed by atoms with Crippen molar-refractivity contribution in [1.82, 2.24) is 4.90 Å². The van der Waals surface area contributed by atoms with Crippen LogP contribution >= 0.6 is 0 Å². The molecule has 3 heterocycles. The molecule has 3 fully saturated rings. The summed E-state index contributed by atoms with van der Waals surface area (Å²) in [6.07, 6.45) is 5.53. The SMILES string of the molecule is CON=C1CN2C3CCC1C2CC3. The third-order valence-corrected chi connectivity index (χ3v) is 3.95. The monoisotopic (exact) mass is 180 g/mol. The van der Waals surface area contributed by atoms with Gasteiger partial charge in [-0.05, 0) is 25.7 Å². The van der Waals surface area contributed by atoms with Crippen molar-refractivity contribution in [3.05, 3.63) is 0 Å². The highest BCUT2D eigenvalue weighted by Crippen LogP contribution is 2.44. The van der Waals surface area contributed by atoms with Crippen molar-refractivity contribution in [1.29, 1.82) is 0 Å². The summed E-state index contributed by atoms with van der Waals surface area (Å²) >= 11 is 0. The van der Waals surface area contributed by atoms with E-state index in [9.17, 15) is 0 Å². The van der Waals surface area contributed by atoms with Crippen molar-refractivity contribution in [2.24, 2.45) is 11.1 Å². The summed E-state index contributed by atoms with van der Waals surface area (Å²) in [5.74, 6) is 0.721. The van der Waals surface area contributed by atoms with E-state index in [-0.39, 0.29) is 0 Å². The number of hydrogen-bond donors (Lipinski definition) is 0. The first kappa shape index (κ1) is 7.80. The first-order valence-electron chi connectivity index (χ1n) is 5.26. The van der Waals surface area contributed by atoms with E-state index in [2.05, 4.69) is 10.1 Å². The highest BCUT2D eigenvalue weighted by Gasteiger charge is 2.49. The Labute approximate surface area is 78.7 Å². The zero-order chi connectivity index (χ0) is 8.84. The van der Waals surface area contributed by atoms with Gasteiger partial charge in [0.15, 0.2) is 0 Å². The van der Waals surface area contributed by atoms with Gasteiger partial charge < -0.3 is 4.84 Å². The third kappa shape index (κ3) is 0.966. The second kappa shape index (κ2) is 2.71. The molecule has 3 saturated heterocycles. The van der Waals surface area contributed by atoms with Crippen LogP contribution in [0.5, 0.6) is 0 Å². The normalized spacial score (nSPS) is 50.1. The Hall–Kier alpha value is -0.570. The highest BCUT2D eigenvalue weighted by atomic mass is 16.6. The molecule has 3 aliphatic rings. The first-order valence-corrected chi connectivity index (χ1v) is 5.26. The molecule has 3 aliphatic heterocycles. The molecular formula is C10H16N2O. The summed E-state index contributed by atoms with van der Waals surface area (Å²) in [6.45, 7) is 1.08. The van der Waals surface area contributed by atoms with Crippen molar-refractivity contribution in [3.63, 3.8) is 0 Å². The van der Waals surface area contributed by atoms with Gasteiger partial charge in [0.1, 0.15) is 7.11 Å². The van der Waals surface area contributed by atoms with Gasteiger partial charge in [-0.1, -0.05) is 5.16 Å². The predicted octanol–water partition coefficient (Wildman–Crippen LogP) is 1.25. The van der Waals surface area contributed by atoms with Crippen LogP contribution in [0.25, 0.3) is 0 Å². The predicted molar refractivity (Wildman–Crippen MR) is 50.7 cm³/mol. The van der Waals surface area contributed by atoms with Gasteiger partial charge in [0.05, 0.1) is 5.71 Å². The van der Waals surface area contributed by atoms with Crippen LogP contribution < -0.4 is 0 Å². The van der Waals surface area contributed by atoms with Crippen molar-refractivity contribution in [3.8, 4) is 0 Å². The van der Waals surface area contributed by atoms with Crippen LogP contribution in [-0.2, 0) is 4.84 Å². The smallest absolute Gasteiger partial charge is 0.106 e. The molecule has 0 aromatic heterocycles. The van der Waals surface area contributed by atoms with Crippen LogP contribution in [0.15, 0.2) is 5.16 Å². The van der Waals surface area contributed by atoms with Gasteiger partial charge in [-0.3, -0.25) is 4.90 Å². The minimum absolute atomic E-state index is 0.721. The Bertz CT molecular complexity index is 251. The van der Waals surface area contributed by atoms with Gasteiger partial charge in [0, 0.05) is 24.5 Å². The lowest BCUT2D eigenvalue weighted by Gasteiger charge is -2.29. The Balaban J connectivity index is 1.90. The summed E-state index contributed by atoms with van der Waals surface area (Å²) in [5, 5.41) is 4.16. The maximum atomic E-state index is 4.90. The molecule has 0 saturated carbocycles. The molecule has 0 aromatic rings. The topological polar surface area (TPSA) is 24.8 Å². The van der Waals surface area contributed by atoms with E-state index in [0.717, 1.165) is 24.5 Å². The Morgan fingerprint density at radius 2 is 2.15 bits per heavy atom. The molecule has 0 radical (unpaired) electrons. The molecule has 4 bridgehead atoms. The fourth-order valence-electron chi connectivity index (χ4n) is 3.43. The van der Waals surface area contributed by atoms with Gasteiger partial charge in [-0.15, -0.1) is 0 Å². The standard InChI is InChI=1S/C10H16N2O/c1-13-11-9-6-12-7-2-4-8(9)10(12)5-3-7/h7-8,10H,2-6H2,1H3. The summed E-state index contributed by atoms with van der Waals surface area (Å²) < 4.78 is 0. The molecule has 3 nitrogen and oxygen atoms in total. The van der Waals surface area contributed by atoms with Crippen LogP contribution in [0.4, 0.5) is 0 Å². The fraction of sp³-hybridized carbons (Fsp3) is 0.900. The molecule has 0 aromatic carbocycles. The Morgan fingerprint density at radius 1 is 1.31 bits per heavy atom. The minimum Gasteiger partial charge on any atom is -0.399 e. The molecule has 0 spiro atoms. The lowest BCUT2D eigenvalue weighted by Crippen LogP contribution is -2.36. The largest absolute Gasteiger partial charge is 0.399 e. The van der Waals surface area contributed by atoms with Gasteiger partial charge in [0.2, 0.25) is 0 Å². The van der Waals surface area contributed by atoms with E-state index in [0.29, 0.717) is 0 Å². The van der Waals surface area contributed by atoms with E-state index < -0.39 is 0 Å². The molecule has 4 unspecified atom stereocenters. The van der Waals surface area contributed by atoms with Crippen LogP contribution in [0.2, 0.25) is 0 Å². The number of hydrogen-bond acceptors (Lipinski definition) is 3. The zero-order valence-corrected chi connectivity index (χ0v) is 8.07. The van der Waals surface area contributed by atoms with Gasteiger partial charge in [-0.25, -0.2) is 0 Å². The molecule has 3 heteroatoms. The summed E-state index contributed by atoms with van der Waals surface area (Å²) in [6, 6.07) is 1.68. The second-order valence-electron chi connectivity index (χ2n) is 4.42. The van der Waals surface area contributed by atoms with Gasteiger partial charge in [-0.2, -0.15) is 0 Å². The second-order valence-corrected chi connectivity index (χ2v) is 4.42. The Morgan fingerprint density at radius 3 is 2.92 bits per heavy atom. The lowest BCUT2D eigenvalue weighted by atomic mass is 9.92. The fourth-order valence-corrected chi connectivity index (χ4v) is 3.43. The summed E-state index contributed by atoms with van der Waals surface area (Å²) in [4.78, 5) is 7.55. The van der Waals surface area contributed by atoms with Crippen LogP contribution in [0.3, 0.4) is 0 Å². The van der Waals surface area contributed by atoms with Crippen molar-refractivity contribution in [2.75, 3.05) is 13.7 Å². The zero-order valence-electron chi connectivity index (χ0n) is 8.07. The van der Waals surface area contributed by atoms with E-state index >= 15 is 0 Å². The number of nitrogens with zero attached hydrogens (tertiary/aromatic N) is 2. The molecule has 0 aliphatic carbocycles. The number of oxime groups is 1. The van der Waals surface area contributed by atoms with Crippen LogP contribution in [0.1, 0.15) is 25.7 Å². The van der Waals surface area contributed by atoms with Crippen LogP contribution in [0, 0.1) is 5.92 Å². The van der Waals surface area contributed by atoms with Crippen LogP contribution in [-0.4, -0.2) is 36.3 Å². The van der Waals surface area contributed by atoms with Gasteiger partial charge in [0.25, 0.3) is 0 Å². The highest BCUT2D eigenvalue weighted by molar-refractivity contribution is 5.91. The molecule has 0 amide bonds. The van der Waals surface area contributed by atoms with E-state index in [1.165, 1.54) is 31.4 Å². The Kier molecular flexibility index (Phi) is 1.62. The lowest BCUT2D eigenvalue weighted by molar-refractivity contribution is 0.172. The molecule has 13 heavy (non-hydrogen) atoms. The molecule has 3 rings (SSSR count). The molecule has 72 valence electrons. The number of rotatable bonds is 1. The maximum absolute atomic E-state index is 4.90. The maximum Gasteiger partial charge on any atom is 0.106 e. The van der Waals surface area contributed by atoms with Gasteiger partial charge >= 0.3 is 0 Å².